The van der Waals surface area contributed by atoms with Crippen molar-refractivity contribution < 1.29 is 4.79 Å². The number of halogens is 1. The molecule has 0 aliphatic carbocycles. The number of hydrogen-bond acceptors (Lipinski definition) is 3. The Labute approximate surface area is 131 Å². The summed E-state index contributed by atoms with van der Waals surface area (Å²) in [5.74, 6) is 0.361. The Kier molecular flexibility index (Phi) is 5.20. The van der Waals surface area contributed by atoms with E-state index >= 15 is 0 Å². The number of aromatic nitrogens is 1. The molecule has 1 aromatic heterocycles. The Morgan fingerprint density at radius 1 is 1.35 bits per heavy atom. The van der Waals surface area contributed by atoms with Gasteiger partial charge in [-0.1, -0.05) is 15.9 Å². The molecule has 0 bridgehead atoms. The number of nitrogens with one attached hydrogen (secondary N) is 1. The molecule has 3 nitrogen and oxygen atoms in total. The van der Waals surface area contributed by atoms with Crippen molar-refractivity contribution in [1.29, 1.82) is 0 Å². The third-order valence-electron chi connectivity index (χ3n) is 2.76. The second-order valence-electron chi connectivity index (χ2n) is 4.45. The molecule has 0 spiro atoms. The molecule has 0 saturated heterocycles. The molecular formula is C15H15BrN2OS. The van der Waals surface area contributed by atoms with Crippen LogP contribution in [0.1, 0.15) is 11.1 Å². The highest BCUT2D eigenvalue weighted by molar-refractivity contribution is 9.10. The number of anilines is 1. The van der Waals surface area contributed by atoms with Crippen molar-refractivity contribution in [2.24, 2.45) is 0 Å². The van der Waals surface area contributed by atoms with Gasteiger partial charge in [-0.2, -0.15) is 0 Å². The van der Waals surface area contributed by atoms with E-state index < -0.39 is 0 Å². The first-order valence-corrected chi connectivity index (χ1v) is 7.93. The summed E-state index contributed by atoms with van der Waals surface area (Å²) >= 11 is 5.05. The molecule has 1 N–H and O–H groups in total. The maximum Gasteiger partial charge on any atom is 0.234 e. The Balaban J connectivity index is 1.95. The van der Waals surface area contributed by atoms with Gasteiger partial charge in [0.2, 0.25) is 5.91 Å². The molecule has 0 atom stereocenters. The van der Waals surface area contributed by atoms with Crippen molar-refractivity contribution in [2.45, 2.75) is 18.7 Å². The van der Waals surface area contributed by atoms with E-state index in [4.69, 9.17) is 0 Å². The van der Waals surface area contributed by atoms with Gasteiger partial charge in [-0.3, -0.25) is 9.78 Å². The van der Waals surface area contributed by atoms with Gasteiger partial charge in [0.05, 0.1) is 17.6 Å². The molecule has 5 heteroatoms. The smallest absolute Gasteiger partial charge is 0.234 e. The van der Waals surface area contributed by atoms with Gasteiger partial charge >= 0.3 is 0 Å². The average molecular weight is 351 g/mol. The van der Waals surface area contributed by atoms with Crippen LogP contribution in [0.15, 0.2) is 46.0 Å². The predicted molar refractivity (Wildman–Crippen MR) is 87.2 cm³/mol. The zero-order valence-electron chi connectivity index (χ0n) is 11.3. The molecule has 0 fully saturated rings. The fourth-order valence-electron chi connectivity index (χ4n) is 1.69. The lowest BCUT2D eigenvalue weighted by Gasteiger charge is -2.09. The molecule has 0 unspecified atom stereocenters. The molecule has 1 aromatic carbocycles. The van der Waals surface area contributed by atoms with Crippen LogP contribution in [-0.4, -0.2) is 16.6 Å². The third kappa shape index (κ3) is 4.08. The lowest BCUT2D eigenvalue weighted by Crippen LogP contribution is -2.14. The van der Waals surface area contributed by atoms with Gasteiger partial charge < -0.3 is 5.32 Å². The van der Waals surface area contributed by atoms with Crippen molar-refractivity contribution in [3.8, 4) is 0 Å². The van der Waals surface area contributed by atoms with Crippen LogP contribution in [0.4, 0.5) is 5.69 Å². The number of hydrogen-bond donors (Lipinski definition) is 1. The van der Waals surface area contributed by atoms with E-state index in [2.05, 4.69) is 38.4 Å². The third-order valence-corrected chi connectivity index (χ3v) is 4.77. The number of pyridine rings is 1. The number of amides is 1. The largest absolute Gasteiger partial charge is 0.324 e. The maximum absolute atomic E-state index is 11.9. The summed E-state index contributed by atoms with van der Waals surface area (Å²) in [7, 11) is 0. The number of carbonyl (C=O) groups excluding carboxylic acids is 1. The summed E-state index contributed by atoms with van der Waals surface area (Å²) in [5.41, 5.74) is 3.06. The highest BCUT2D eigenvalue weighted by Crippen LogP contribution is 2.28. The first kappa shape index (κ1) is 15.1. The van der Waals surface area contributed by atoms with Crippen LogP contribution >= 0.6 is 27.7 Å². The van der Waals surface area contributed by atoms with Crippen LogP contribution in [0.3, 0.4) is 0 Å². The lowest BCUT2D eigenvalue weighted by atomic mass is 10.2. The van der Waals surface area contributed by atoms with Crippen LogP contribution in [0.5, 0.6) is 0 Å². The Morgan fingerprint density at radius 2 is 2.15 bits per heavy atom. The molecule has 1 amide bonds. The Bertz CT molecular complexity index is 617. The lowest BCUT2D eigenvalue weighted by molar-refractivity contribution is -0.113. The van der Waals surface area contributed by atoms with Gasteiger partial charge in [-0.15, -0.1) is 11.8 Å². The minimum absolute atomic E-state index is 0.0250. The molecule has 0 saturated carbocycles. The molecule has 0 radical (unpaired) electrons. The van der Waals surface area contributed by atoms with E-state index in [1.54, 1.807) is 30.2 Å². The van der Waals surface area contributed by atoms with E-state index in [1.807, 2.05) is 19.9 Å². The van der Waals surface area contributed by atoms with Crippen molar-refractivity contribution in [3.63, 3.8) is 0 Å². The molecule has 1 heterocycles. The van der Waals surface area contributed by atoms with Gasteiger partial charge in [0.15, 0.2) is 0 Å². The maximum atomic E-state index is 11.9. The standard InChI is InChI=1S/C15H15BrN2OS/c1-10-7-14(11(2)6-13(10)16)20-9-15(19)18-12-4-3-5-17-8-12/h3-8H,9H2,1-2H3,(H,18,19). The topological polar surface area (TPSA) is 42.0 Å². The number of benzene rings is 1. The van der Waals surface area contributed by atoms with Crippen molar-refractivity contribution in [1.82, 2.24) is 4.98 Å². The Morgan fingerprint density at radius 3 is 2.85 bits per heavy atom. The van der Waals surface area contributed by atoms with Crippen LogP contribution in [-0.2, 0) is 4.79 Å². The normalized spacial score (nSPS) is 10.3. The van der Waals surface area contributed by atoms with Crippen molar-refractivity contribution in [2.75, 3.05) is 11.1 Å². The van der Waals surface area contributed by atoms with Crippen LogP contribution in [0.2, 0.25) is 0 Å². The second-order valence-corrected chi connectivity index (χ2v) is 6.32. The van der Waals surface area contributed by atoms with E-state index in [-0.39, 0.29) is 5.91 Å². The van der Waals surface area contributed by atoms with Gasteiger partial charge in [0.25, 0.3) is 0 Å². The Hall–Kier alpha value is -1.33. The number of rotatable bonds is 4. The van der Waals surface area contributed by atoms with E-state index in [0.717, 1.165) is 15.1 Å². The number of aryl methyl sites for hydroxylation is 2. The van der Waals surface area contributed by atoms with Gasteiger partial charge in [0.1, 0.15) is 0 Å². The van der Waals surface area contributed by atoms with E-state index in [9.17, 15) is 4.79 Å². The van der Waals surface area contributed by atoms with Crippen LogP contribution in [0.25, 0.3) is 0 Å². The molecular weight excluding hydrogens is 336 g/mol. The van der Waals surface area contributed by atoms with Crippen LogP contribution in [0, 0.1) is 13.8 Å². The zero-order valence-corrected chi connectivity index (χ0v) is 13.7. The minimum atomic E-state index is -0.0250. The second kappa shape index (κ2) is 6.90. The molecule has 20 heavy (non-hydrogen) atoms. The van der Waals surface area contributed by atoms with Gasteiger partial charge in [0, 0.05) is 15.6 Å². The summed E-state index contributed by atoms with van der Waals surface area (Å²) in [6.07, 6.45) is 3.32. The summed E-state index contributed by atoms with van der Waals surface area (Å²) in [5, 5.41) is 2.83. The number of nitrogens with zero attached hydrogens (tertiary/aromatic N) is 1. The summed E-state index contributed by atoms with van der Waals surface area (Å²) in [6.45, 7) is 4.09. The summed E-state index contributed by atoms with van der Waals surface area (Å²) in [4.78, 5) is 17.0. The average Bonchev–Trinajstić information content (AvgIpc) is 2.42. The predicted octanol–water partition coefficient (Wildman–Crippen LogP) is 4.19. The van der Waals surface area contributed by atoms with Crippen LogP contribution < -0.4 is 5.32 Å². The van der Waals surface area contributed by atoms with Gasteiger partial charge in [-0.05, 0) is 49.2 Å². The van der Waals surface area contributed by atoms with Gasteiger partial charge in [-0.25, -0.2) is 0 Å². The summed E-state index contributed by atoms with van der Waals surface area (Å²) < 4.78 is 1.10. The molecule has 2 aromatic rings. The minimum Gasteiger partial charge on any atom is -0.324 e. The molecule has 104 valence electrons. The number of thioether (sulfide) groups is 1. The highest BCUT2D eigenvalue weighted by atomic mass is 79.9. The van der Waals surface area contributed by atoms with Crippen molar-refractivity contribution >= 4 is 39.3 Å². The molecule has 0 aliphatic rings. The highest BCUT2D eigenvalue weighted by Gasteiger charge is 2.07. The first-order valence-electron chi connectivity index (χ1n) is 6.15. The van der Waals surface area contributed by atoms with Crippen molar-refractivity contribution in [3.05, 3.63) is 52.3 Å². The number of carbonyl (C=O) groups is 1. The fourth-order valence-corrected chi connectivity index (χ4v) is 3.05. The SMILES string of the molecule is Cc1cc(SCC(=O)Nc2cccnc2)c(C)cc1Br. The summed E-state index contributed by atoms with van der Waals surface area (Å²) in [6, 6.07) is 7.80. The van der Waals surface area contributed by atoms with E-state index in [1.165, 1.54) is 11.1 Å². The monoisotopic (exact) mass is 350 g/mol. The molecule has 0 aliphatic heterocycles. The zero-order chi connectivity index (χ0) is 14.5. The molecule has 2 rings (SSSR count). The fraction of sp³-hybridized carbons (Fsp3) is 0.200. The quantitative estimate of drug-likeness (QED) is 0.840. The van der Waals surface area contributed by atoms with E-state index in [0.29, 0.717) is 5.75 Å². The first-order chi connectivity index (χ1) is 9.56.